The molecule has 0 saturated heterocycles. The summed E-state index contributed by atoms with van der Waals surface area (Å²) in [6, 6.07) is 4.00. The maximum absolute atomic E-state index is 11.1. The molecular formula is C15H16O6. The van der Waals surface area contributed by atoms with Crippen LogP contribution in [0.2, 0.25) is 0 Å². The molecule has 0 spiro atoms. The fourth-order valence-corrected chi connectivity index (χ4v) is 1.55. The smallest absolute Gasteiger partial charge is 0.336 e. The van der Waals surface area contributed by atoms with Crippen LogP contribution in [0.25, 0.3) is 0 Å². The quantitative estimate of drug-likeness (QED) is 0.584. The van der Waals surface area contributed by atoms with Gasteiger partial charge in [0.1, 0.15) is 6.61 Å². The van der Waals surface area contributed by atoms with Gasteiger partial charge in [0.25, 0.3) is 0 Å². The predicted molar refractivity (Wildman–Crippen MR) is 74.6 cm³/mol. The highest BCUT2D eigenvalue weighted by Gasteiger charge is 2.16. The molecule has 0 heterocycles. The highest BCUT2D eigenvalue weighted by Crippen LogP contribution is 2.14. The summed E-state index contributed by atoms with van der Waals surface area (Å²) in [6.45, 7) is 3.36. The zero-order valence-electron chi connectivity index (χ0n) is 11.6. The predicted octanol–water partition coefficient (Wildman–Crippen LogP) is 1.49. The van der Waals surface area contributed by atoms with Crippen molar-refractivity contribution < 1.29 is 29.3 Å². The van der Waals surface area contributed by atoms with Gasteiger partial charge in [-0.15, -0.1) is 0 Å². The van der Waals surface area contributed by atoms with Crippen LogP contribution in [0.15, 0.2) is 18.2 Å². The molecule has 0 aliphatic carbocycles. The third kappa shape index (κ3) is 5.26. The van der Waals surface area contributed by atoms with Gasteiger partial charge in [-0.1, -0.05) is 17.9 Å². The van der Waals surface area contributed by atoms with Crippen LogP contribution in [-0.2, 0) is 9.47 Å². The van der Waals surface area contributed by atoms with Crippen molar-refractivity contribution in [1.29, 1.82) is 0 Å². The summed E-state index contributed by atoms with van der Waals surface area (Å²) >= 11 is 0. The fourth-order valence-electron chi connectivity index (χ4n) is 1.55. The molecule has 0 bridgehead atoms. The molecule has 21 heavy (non-hydrogen) atoms. The summed E-state index contributed by atoms with van der Waals surface area (Å²) in [4.78, 5) is 22.2. The lowest BCUT2D eigenvalue weighted by molar-refractivity contribution is 0.0662. The zero-order chi connectivity index (χ0) is 15.7. The van der Waals surface area contributed by atoms with Gasteiger partial charge in [-0.25, -0.2) is 9.59 Å². The Labute approximate surface area is 122 Å². The maximum Gasteiger partial charge on any atom is 0.336 e. The lowest BCUT2D eigenvalue weighted by Crippen LogP contribution is -2.08. The topological polar surface area (TPSA) is 93.1 Å². The number of carboxylic acid groups (broad SMARTS) is 2. The van der Waals surface area contributed by atoms with E-state index < -0.39 is 11.9 Å². The third-order valence-electron chi connectivity index (χ3n) is 2.49. The standard InChI is InChI=1S/C15H16O6/c1-2-20-9-10-21-8-4-7-11-12(14(16)17)5-3-6-13(11)15(18)19/h3,5-6H,2,8-10H2,1H3,(H,16,17)(H,18,19). The molecule has 0 aliphatic rings. The van der Waals surface area contributed by atoms with Crippen molar-refractivity contribution in [2.75, 3.05) is 26.4 Å². The molecule has 0 aliphatic heterocycles. The number of rotatable bonds is 7. The Morgan fingerprint density at radius 3 is 2.19 bits per heavy atom. The minimum absolute atomic E-state index is 0.0223. The Kier molecular flexibility index (Phi) is 6.95. The van der Waals surface area contributed by atoms with Crippen LogP contribution in [0.1, 0.15) is 33.2 Å². The summed E-state index contributed by atoms with van der Waals surface area (Å²) in [5, 5.41) is 18.1. The molecule has 0 amide bonds. The van der Waals surface area contributed by atoms with E-state index in [0.29, 0.717) is 19.8 Å². The van der Waals surface area contributed by atoms with Crippen LogP contribution in [0.4, 0.5) is 0 Å². The van der Waals surface area contributed by atoms with E-state index in [1.807, 2.05) is 6.92 Å². The SMILES string of the molecule is CCOCCOCC#Cc1c(C(=O)O)cccc1C(=O)O. The van der Waals surface area contributed by atoms with E-state index in [4.69, 9.17) is 19.7 Å². The molecule has 1 rings (SSSR count). The first-order chi connectivity index (χ1) is 10.1. The molecule has 0 fully saturated rings. The Hall–Kier alpha value is -2.36. The third-order valence-corrected chi connectivity index (χ3v) is 2.49. The second kappa shape index (κ2) is 8.74. The van der Waals surface area contributed by atoms with Gasteiger partial charge in [-0.3, -0.25) is 0 Å². The number of benzene rings is 1. The molecule has 0 atom stereocenters. The first kappa shape index (κ1) is 16.7. The normalized spacial score (nSPS) is 9.76. The molecule has 2 N–H and O–H groups in total. The van der Waals surface area contributed by atoms with E-state index in [9.17, 15) is 9.59 Å². The Bertz CT molecular complexity index is 535. The summed E-state index contributed by atoms with van der Waals surface area (Å²) in [7, 11) is 0. The van der Waals surface area contributed by atoms with Crippen LogP contribution >= 0.6 is 0 Å². The van der Waals surface area contributed by atoms with E-state index in [2.05, 4.69) is 11.8 Å². The molecule has 6 nitrogen and oxygen atoms in total. The van der Waals surface area contributed by atoms with Gasteiger partial charge >= 0.3 is 11.9 Å². The number of carbonyl (C=O) groups is 2. The monoisotopic (exact) mass is 292 g/mol. The molecule has 1 aromatic rings. The van der Waals surface area contributed by atoms with E-state index in [1.165, 1.54) is 18.2 Å². The lowest BCUT2D eigenvalue weighted by Gasteiger charge is -2.03. The van der Waals surface area contributed by atoms with Gasteiger partial charge in [0.15, 0.2) is 0 Å². The number of ether oxygens (including phenoxy) is 2. The second-order valence-electron chi connectivity index (χ2n) is 3.89. The Morgan fingerprint density at radius 1 is 1.10 bits per heavy atom. The van der Waals surface area contributed by atoms with Crippen LogP contribution in [0, 0.1) is 11.8 Å². The minimum atomic E-state index is -1.22. The average Bonchev–Trinajstić information content (AvgIpc) is 2.45. The van der Waals surface area contributed by atoms with Crippen molar-refractivity contribution in [3.05, 3.63) is 34.9 Å². The van der Waals surface area contributed by atoms with Gasteiger partial charge in [-0.2, -0.15) is 0 Å². The highest BCUT2D eigenvalue weighted by atomic mass is 16.5. The van der Waals surface area contributed by atoms with E-state index in [1.54, 1.807) is 0 Å². The largest absolute Gasteiger partial charge is 0.478 e. The van der Waals surface area contributed by atoms with Crippen molar-refractivity contribution in [2.24, 2.45) is 0 Å². The summed E-state index contributed by atoms with van der Waals surface area (Å²) in [5.74, 6) is 2.73. The van der Waals surface area contributed by atoms with Crippen LogP contribution in [0.5, 0.6) is 0 Å². The maximum atomic E-state index is 11.1. The minimum Gasteiger partial charge on any atom is -0.478 e. The molecule has 6 heteroatoms. The summed E-state index contributed by atoms with van der Waals surface area (Å²) in [5.41, 5.74) is -0.306. The zero-order valence-corrected chi connectivity index (χ0v) is 11.6. The average molecular weight is 292 g/mol. The van der Waals surface area contributed by atoms with Crippen LogP contribution in [0.3, 0.4) is 0 Å². The molecule has 1 aromatic carbocycles. The van der Waals surface area contributed by atoms with Gasteiger partial charge < -0.3 is 19.7 Å². The lowest BCUT2D eigenvalue weighted by atomic mass is 10.0. The Morgan fingerprint density at radius 2 is 1.67 bits per heavy atom. The molecular weight excluding hydrogens is 276 g/mol. The number of carboxylic acids is 2. The second-order valence-corrected chi connectivity index (χ2v) is 3.89. The summed E-state index contributed by atoms with van der Waals surface area (Å²) < 4.78 is 10.2. The van der Waals surface area contributed by atoms with Crippen molar-refractivity contribution in [3.8, 4) is 11.8 Å². The fraction of sp³-hybridized carbons (Fsp3) is 0.333. The van der Waals surface area contributed by atoms with E-state index in [0.717, 1.165) is 0 Å². The first-order valence-electron chi connectivity index (χ1n) is 6.31. The van der Waals surface area contributed by atoms with Crippen molar-refractivity contribution in [3.63, 3.8) is 0 Å². The van der Waals surface area contributed by atoms with Crippen molar-refractivity contribution in [2.45, 2.75) is 6.92 Å². The summed E-state index contributed by atoms with van der Waals surface area (Å²) in [6.07, 6.45) is 0. The number of aromatic carboxylic acids is 2. The van der Waals surface area contributed by atoms with Crippen LogP contribution < -0.4 is 0 Å². The molecule has 0 unspecified atom stereocenters. The first-order valence-corrected chi connectivity index (χ1v) is 6.31. The molecule has 0 saturated carbocycles. The van der Waals surface area contributed by atoms with E-state index >= 15 is 0 Å². The van der Waals surface area contributed by atoms with E-state index in [-0.39, 0.29) is 23.3 Å². The number of hydrogen-bond donors (Lipinski definition) is 2. The molecule has 112 valence electrons. The Balaban J connectivity index is 2.82. The van der Waals surface area contributed by atoms with Gasteiger partial charge in [0, 0.05) is 6.61 Å². The van der Waals surface area contributed by atoms with Crippen molar-refractivity contribution in [1.82, 2.24) is 0 Å². The number of hydrogen-bond acceptors (Lipinski definition) is 4. The van der Waals surface area contributed by atoms with Crippen LogP contribution in [-0.4, -0.2) is 48.6 Å². The van der Waals surface area contributed by atoms with Gasteiger partial charge in [0.05, 0.1) is 29.9 Å². The van der Waals surface area contributed by atoms with Crippen molar-refractivity contribution >= 4 is 11.9 Å². The van der Waals surface area contributed by atoms with Gasteiger partial charge in [-0.05, 0) is 19.1 Å². The molecule has 0 aromatic heterocycles. The molecule has 0 radical (unpaired) electrons. The highest BCUT2D eigenvalue weighted by molar-refractivity contribution is 5.98. The van der Waals surface area contributed by atoms with Gasteiger partial charge in [0.2, 0.25) is 0 Å².